The SMILES string of the molecule is CC.CC(=O)NC(CCCN)c1nnc(CC(N)=O)o1. The van der Waals surface area contributed by atoms with Crippen molar-refractivity contribution in [3.63, 3.8) is 0 Å². The van der Waals surface area contributed by atoms with Crippen LogP contribution in [-0.2, 0) is 16.0 Å². The maximum atomic E-state index is 11.1. The largest absolute Gasteiger partial charge is 0.422 e. The van der Waals surface area contributed by atoms with Crippen molar-refractivity contribution >= 4 is 11.8 Å². The second kappa shape index (κ2) is 9.90. The third-order valence-electron chi connectivity index (χ3n) is 2.18. The van der Waals surface area contributed by atoms with E-state index in [0.717, 1.165) is 0 Å². The summed E-state index contributed by atoms with van der Waals surface area (Å²) in [6.07, 6.45) is 1.18. The van der Waals surface area contributed by atoms with Crippen molar-refractivity contribution in [3.05, 3.63) is 11.8 Å². The van der Waals surface area contributed by atoms with Crippen LogP contribution in [0.5, 0.6) is 0 Å². The highest BCUT2D eigenvalue weighted by molar-refractivity contribution is 5.75. The molecule has 0 aromatic carbocycles. The van der Waals surface area contributed by atoms with Crippen molar-refractivity contribution in [2.75, 3.05) is 6.54 Å². The number of rotatable bonds is 7. The van der Waals surface area contributed by atoms with Crippen LogP contribution in [0.15, 0.2) is 4.42 Å². The molecule has 1 aromatic rings. The van der Waals surface area contributed by atoms with Gasteiger partial charge in [0.2, 0.25) is 23.6 Å². The normalized spacial score (nSPS) is 11.2. The second-order valence-electron chi connectivity index (χ2n) is 3.86. The standard InChI is InChI=1S/C10H17N5O3.C2H6/c1-6(16)13-7(3-2-4-11)10-15-14-9(18-10)5-8(12)17;1-2/h7H,2-5,11H2,1H3,(H2,12,17)(H,13,16);1-2H3. The molecule has 0 bridgehead atoms. The molecule has 114 valence electrons. The van der Waals surface area contributed by atoms with E-state index in [1.54, 1.807) is 0 Å². The Kier molecular flexibility index (Phi) is 8.93. The van der Waals surface area contributed by atoms with Gasteiger partial charge in [-0.05, 0) is 19.4 Å². The van der Waals surface area contributed by atoms with Crippen LogP contribution in [0.25, 0.3) is 0 Å². The van der Waals surface area contributed by atoms with Gasteiger partial charge in [-0.2, -0.15) is 0 Å². The number of nitrogens with one attached hydrogen (secondary N) is 1. The summed E-state index contributed by atoms with van der Waals surface area (Å²) in [5.74, 6) is -0.356. The summed E-state index contributed by atoms with van der Waals surface area (Å²) in [4.78, 5) is 21.8. The van der Waals surface area contributed by atoms with E-state index in [1.165, 1.54) is 6.92 Å². The smallest absolute Gasteiger partial charge is 0.238 e. The van der Waals surface area contributed by atoms with E-state index in [2.05, 4.69) is 15.5 Å². The monoisotopic (exact) mass is 285 g/mol. The first-order valence-corrected chi connectivity index (χ1v) is 6.60. The van der Waals surface area contributed by atoms with Gasteiger partial charge in [-0.3, -0.25) is 9.59 Å². The lowest BCUT2D eigenvalue weighted by atomic mass is 10.1. The van der Waals surface area contributed by atoms with Gasteiger partial charge in [-0.15, -0.1) is 10.2 Å². The summed E-state index contributed by atoms with van der Waals surface area (Å²) in [5, 5.41) is 10.2. The summed E-state index contributed by atoms with van der Waals surface area (Å²) in [6.45, 7) is 5.90. The Morgan fingerprint density at radius 3 is 2.50 bits per heavy atom. The number of nitrogens with zero attached hydrogens (tertiary/aromatic N) is 2. The van der Waals surface area contributed by atoms with E-state index in [4.69, 9.17) is 15.9 Å². The molecule has 1 heterocycles. The Labute approximate surface area is 118 Å². The molecule has 8 nitrogen and oxygen atoms in total. The summed E-state index contributed by atoms with van der Waals surface area (Å²) in [6, 6.07) is -0.389. The van der Waals surface area contributed by atoms with Gasteiger partial charge in [0.25, 0.3) is 0 Å². The number of carbonyl (C=O) groups excluding carboxylic acids is 2. The summed E-state index contributed by atoms with van der Waals surface area (Å²) >= 11 is 0. The van der Waals surface area contributed by atoms with Crippen molar-refractivity contribution in [1.82, 2.24) is 15.5 Å². The summed E-state index contributed by atoms with van der Waals surface area (Å²) in [5.41, 5.74) is 10.4. The first kappa shape index (κ1) is 18.0. The zero-order valence-corrected chi connectivity index (χ0v) is 12.2. The van der Waals surface area contributed by atoms with E-state index in [-0.39, 0.29) is 30.2 Å². The van der Waals surface area contributed by atoms with Gasteiger partial charge < -0.3 is 21.2 Å². The first-order valence-electron chi connectivity index (χ1n) is 6.60. The molecule has 0 radical (unpaired) electrons. The molecule has 0 aliphatic rings. The molecule has 2 amide bonds. The average Bonchev–Trinajstić information content (AvgIpc) is 2.84. The number of primary amides is 1. The molecular weight excluding hydrogens is 262 g/mol. The van der Waals surface area contributed by atoms with Crippen molar-refractivity contribution in [2.45, 2.75) is 46.1 Å². The number of carbonyl (C=O) groups is 2. The highest BCUT2D eigenvalue weighted by atomic mass is 16.4. The molecule has 0 saturated carbocycles. The molecule has 1 aromatic heterocycles. The minimum atomic E-state index is -0.553. The van der Waals surface area contributed by atoms with Crippen LogP contribution in [0.2, 0.25) is 0 Å². The van der Waals surface area contributed by atoms with E-state index >= 15 is 0 Å². The van der Waals surface area contributed by atoms with Crippen LogP contribution in [0.3, 0.4) is 0 Å². The summed E-state index contributed by atoms with van der Waals surface area (Å²) in [7, 11) is 0. The predicted molar refractivity (Wildman–Crippen MR) is 73.4 cm³/mol. The van der Waals surface area contributed by atoms with Crippen molar-refractivity contribution < 1.29 is 14.0 Å². The van der Waals surface area contributed by atoms with Gasteiger partial charge in [-0.25, -0.2) is 0 Å². The van der Waals surface area contributed by atoms with Crippen molar-refractivity contribution in [3.8, 4) is 0 Å². The van der Waals surface area contributed by atoms with Gasteiger partial charge in [0.05, 0.1) is 0 Å². The molecule has 5 N–H and O–H groups in total. The maximum absolute atomic E-state index is 11.1. The Hall–Kier alpha value is -1.96. The zero-order chi connectivity index (χ0) is 15.5. The Morgan fingerprint density at radius 2 is 2.00 bits per heavy atom. The van der Waals surface area contributed by atoms with Crippen LogP contribution in [-0.4, -0.2) is 28.6 Å². The number of amides is 2. The molecule has 8 heteroatoms. The molecular formula is C12H23N5O3. The molecule has 0 aliphatic carbocycles. The van der Waals surface area contributed by atoms with E-state index in [0.29, 0.717) is 19.4 Å². The van der Waals surface area contributed by atoms with Gasteiger partial charge in [-0.1, -0.05) is 13.8 Å². The lowest BCUT2D eigenvalue weighted by Crippen LogP contribution is -2.26. The van der Waals surface area contributed by atoms with Crippen LogP contribution in [0, 0.1) is 0 Å². The highest BCUT2D eigenvalue weighted by Gasteiger charge is 2.19. The highest BCUT2D eigenvalue weighted by Crippen LogP contribution is 2.17. The first-order chi connectivity index (χ1) is 9.52. The molecule has 0 fully saturated rings. The minimum Gasteiger partial charge on any atom is -0.422 e. The van der Waals surface area contributed by atoms with Gasteiger partial charge >= 0.3 is 0 Å². The third kappa shape index (κ3) is 6.83. The lowest BCUT2D eigenvalue weighted by Gasteiger charge is -2.12. The second-order valence-corrected chi connectivity index (χ2v) is 3.86. The van der Waals surface area contributed by atoms with Crippen LogP contribution >= 0.6 is 0 Å². The number of aromatic nitrogens is 2. The van der Waals surface area contributed by atoms with Gasteiger partial charge in [0, 0.05) is 6.92 Å². The van der Waals surface area contributed by atoms with Gasteiger partial charge in [0.15, 0.2) is 0 Å². The minimum absolute atomic E-state index is 0.114. The predicted octanol–water partition coefficient (Wildman–Crippen LogP) is 0.0397. The fraction of sp³-hybridized carbons (Fsp3) is 0.667. The lowest BCUT2D eigenvalue weighted by molar-refractivity contribution is -0.120. The molecule has 0 spiro atoms. The quantitative estimate of drug-likeness (QED) is 0.646. The van der Waals surface area contributed by atoms with Crippen LogP contribution in [0.4, 0.5) is 0 Å². The van der Waals surface area contributed by atoms with E-state index < -0.39 is 5.91 Å². The maximum Gasteiger partial charge on any atom is 0.238 e. The molecule has 1 atom stereocenters. The van der Waals surface area contributed by atoms with Crippen molar-refractivity contribution in [1.29, 1.82) is 0 Å². The average molecular weight is 285 g/mol. The fourth-order valence-corrected chi connectivity index (χ4v) is 1.45. The molecule has 0 aliphatic heterocycles. The van der Waals surface area contributed by atoms with E-state index in [9.17, 15) is 9.59 Å². The summed E-state index contributed by atoms with van der Waals surface area (Å²) < 4.78 is 5.28. The Bertz CT molecular complexity index is 419. The zero-order valence-electron chi connectivity index (χ0n) is 12.2. The number of hydrogen-bond acceptors (Lipinski definition) is 6. The van der Waals surface area contributed by atoms with Crippen molar-refractivity contribution in [2.24, 2.45) is 11.5 Å². The number of hydrogen-bond donors (Lipinski definition) is 3. The molecule has 0 saturated heterocycles. The Morgan fingerprint density at radius 1 is 1.35 bits per heavy atom. The Balaban J connectivity index is 0.00000172. The molecule has 1 rings (SSSR count). The fourth-order valence-electron chi connectivity index (χ4n) is 1.45. The molecule has 1 unspecified atom stereocenters. The van der Waals surface area contributed by atoms with E-state index in [1.807, 2.05) is 13.8 Å². The van der Waals surface area contributed by atoms with Gasteiger partial charge in [0.1, 0.15) is 12.5 Å². The van der Waals surface area contributed by atoms with Crippen LogP contribution in [0.1, 0.15) is 51.4 Å². The van der Waals surface area contributed by atoms with Crippen LogP contribution < -0.4 is 16.8 Å². The number of nitrogens with two attached hydrogens (primary N) is 2. The third-order valence-corrected chi connectivity index (χ3v) is 2.18. The topological polar surface area (TPSA) is 137 Å². The molecule has 20 heavy (non-hydrogen) atoms.